The van der Waals surface area contributed by atoms with Gasteiger partial charge in [0.15, 0.2) is 9.84 Å². The van der Waals surface area contributed by atoms with Gasteiger partial charge in [-0.25, -0.2) is 18.4 Å². The van der Waals surface area contributed by atoms with Crippen LogP contribution in [0.2, 0.25) is 0 Å². The van der Waals surface area contributed by atoms with Gasteiger partial charge in [0.1, 0.15) is 23.5 Å². The van der Waals surface area contributed by atoms with Crippen LogP contribution in [-0.4, -0.2) is 41.6 Å². The second kappa shape index (κ2) is 7.64. The zero-order valence-corrected chi connectivity index (χ0v) is 18.1. The van der Waals surface area contributed by atoms with E-state index in [0.29, 0.717) is 40.9 Å². The zero-order valence-electron chi connectivity index (χ0n) is 17.3. The lowest BCUT2D eigenvalue weighted by molar-refractivity contribution is 0.0951. The molecule has 1 amide bonds. The second-order valence-corrected chi connectivity index (χ2v) is 10.4. The number of nitrogens with one attached hydrogen (secondary N) is 3. The van der Waals surface area contributed by atoms with Gasteiger partial charge in [0.2, 0.25) is 0 Å². The standard InChI is InChI=1S/C22H25N5O3S/c1-2-23-22(28)17-11-16-20(26-17)24-12-25-21(16)27-19(14-6-7-14)15-8-5-13-4-3-9-31(29,30)18(13)10-15/h5,8,10-12,14,19H,2-4,6-7,9H2,1H3,(H,23,28)(H2,24,25,26,27)/t19-/m1/s1. The molecule has 0 spiro atoms. The van der Waals surface area contributed by atoms with Crippen LogP contribution < -0.4 is 10.6 Å². The molecule has 0 unspecified atom stereocenters. The van der Waals surface area contributed by atoms with Crippen LogP contribution in [0.4, 0.5) is 5.82 Å². The maximum atomic E-state index is 12.6. The Labute approximate surface area is 180 Å². The highest BCUT2D eigenvalue weighted by atomic mass is 32.2. The van der Waals surface area contributed by atoms with Crippen molar-refractivity contribution in [1.29, 1.82) is 0 Å². The fraction of sp³-hybridized carbons (Fsp3) is 0.409. The Kier molecular flexibility index (Phi) is 4.92. The Morgan fingerprint density at radius 3 is 2.87 bits per heavy atom. The minimum Gasteiger partial charge on any atom is -0.362 e. The SMILES string of the molecule is CCNC(=O)c1cc2c(N[C@@H](c3ccc4c(c3)S(=O)(=O)CCC4)C3CC3)ncnc2[nH]1. The van der Waals surface area contributed by atoms with E-state index in [1.807, 2.05) is 25.1 Å². The quantitative estimate of drug-likeness (QED) is 0.544. The van der Waals surface area contributed by atoms with Crippen LogP contribution in [0.5, 0.6) is 0 Å². The number of hydrogen-bond donors (Lipinski definition) is 3. The van der Waals surface area contributed by atoms with E-state index in [9.17, 15) is 13.2 Å². The maximum absolute atomic E-state index is 12.6. The molecule has 3 N–H and O–H groups in total. The first-order chi connectivity index (χ1) is 15.0. The molecule has 3 heterocycles. The summed E-state index contributed by atoms with van der Waals surface area (Å²) in [5.74, 6) is 1.07. The summed E-state index contributed by atoms with van der Waals surface area (Å²) in [6, 6.07) is 7.53. The van der Waals surface area contributed by atoms with Gasteiger partial charge in [0.05, 0.1) is 22.1 Å². The van der Waals surface area contributed by atoms with Gasteiger partial charge >= 0.3 is 0 Å². The van der Waals surface area contributed by atoms with Crippen molar-refractivity contribution in [3.8, 4) is 0 Å². The van der Waals surface area contributed by atoms with E-state index >= 15 is 0 Å². The number of fused-ring (bicyclic) bond motifs is 2. The predicted molar refractivity (Wildman–Crippen MR) is 118 cm³/mol. The molecule has 9 heteroatoms. The number of aromatic nitrogens is 3. The van der Waals surface area contributed by atoms with Crippen molar-refractivity contribution < 1.29 is 13.2 Å². The first-order valence-corrected chi connectivity index (χ1v) is 12.4. The average Bonchev–Trinajstić information content (AvgIpc) is 3.49. The third kappa shape index (κ3) is 3.78. The van der Waals surface area contributed by atoms with Gasteiger partial charge in [-0.15, -0.1) is 0 Å². The van der Waals surface area contributed by atoms with Crippen molar-refractivity contribution in [1.82, 2.24) is 20.3 Å². The molecule has 5 rings (SSSR count). The molecule has 0 radical (unpaired) electrons. The summed E-state index contributed by atoms with van der Waals surface area (Å²) in [4.78, 5) is 24.4. The molecule has 162 valence electrons. The third-order valence-corrected chi connectivity index (χ3v) is 7.91. The number of anilines is 1. The lowest BCUT2D eigenvalue weighted by Crippen LogP contribution is -2.22. The van der Waals surface area contributed by atoms with Crippen LogP contribution in [-0.2, 0) is 16.3 Å². The molecular formula is C22H25N5O3S. The van der Waals surface area contributed by atoms with Gasteiger partial charge in [0, 0.05) is 6.54 Å². The van der Waals surface area contributed by atoms with E-state index in [-0.39, 0.29) is 17.7 Å². The summed E-state index contributed by atoms with van der Waals surface area (Å²) in [5, 5.41) is 7.04. The number of H-pyrrole nitrogens is 1. The van der Waals surface area contributed by atoms with Crippen LogP contribution in [0.3, 0.4) is 0 Å². The molecule has 0 saturated heterocycles. The van der Waals surface area contributed by atoms with Gasteiger partial charge in [-0.1, -0.05) is 12.1 Å². The van der Waals surface area contributed by atoms with Crippen LogP contribution in [0.1, 0.15) is 53.8 Å². The number of aromatic amines is 1. The van der Waals surface area contributed by atoms with Crippen LogP contribution in [0.25, 0.3) is 11.0 Å². The Hall–Kier alpha value is -2.94. The Morgan fingerprint density at radius 2 is 2.10 bits per heavy atom. The van der Waals surface area contributed by atoms with Crippen LogP contribution >= 0.6 is 0 Å². The van der Waals surface area contributed by atoms with Crippen molar-refractivity contribution in [3.05, 3.63) is 47.4 Å². The summed E-state index contributed by atoms with van der Waals surface area (Å²) in [6.45, 7) is 2.41. The van der Waals surface area contributed by atoms with E-state index in [2.05, 4.69) is 25.6 Å². The zero-order chi connectivity index (χ0) is 21.6. The summed E-state index contributed by atoms with van der Waals surface area (Å²) in [6.07, 6.45) is 5.10. The monoisotopic (exact) mass is 439 g/mol. The lowest BCUT2D eigenvalue weighted by Gasteiger charge is -2.23. The third-order valence-electron chi connectivity index (χ3n) is 6.04. The molecule has 1 atom stereocenters. The molecule has 3 aromatic rings. The molecule has 1 aliphatic heterocycles. The number of benzene rings is 1. The molecule has 1 aliphatic carbocycles. The normalized spacial score (nSPS) is 18.4. The van der Waals surface area contributed by atoms with Gasteiger partial charge < -0.3 is 15.6 Å². The summed E-state index contributed by atoms with van der Waals surface area (Å²) in [5.41, 5.74) is 2.88. The summed E-state index contributed by atoms with van der Waals surface area (Å²) >= 11 is 0. The predicted octanol–water partition coefficient (Wildman–Crippen LogP) is 2.99. The van der Waals surface area contributed by atoms with E-state index < -0.39 is 9.84 Å². The average molecular weight is 440 g/mol. The first-order valence-electron chi connectivity index (χ1n) is 10.7. The highest BCUT2D eigenvalue weighted by Gasteiger charge is 2.34. The number of rotatable bonds is 6. The first kappa shape index (κ1) is 20.0. The van der Waals surface area contributed by atoms with Crippen molar-refractivity contribution in [2.45, 2.75) is 43.5 Å². The summed E-state index contributed by atoms with van der Waals surface area (Å²) < 4.78 is 25.2. The highest BCUT2D eigenvalue weighted by molar-refractivity contribution is 7.91. The number of hydrogen-bond acceptors (Lipinski definition) is 6. The van der Waals surface area contributed by atoms with E-state index in [1.165, 1.54) is 6.33 Å². The molecule has 2 aliphatic rings. The summed E-state index contributed by atoms with van der Waals surface area (Å²) in [7, 11) is -3.23. The van der Waals surface area contributed by atoms with Crippen molar-refractivity contribution in [3.63, 3.8) is 0 Å². The number of aryl methyl sites for hydroxylation is 1. The molecule has 31 heavy (non-hydrogen) atoms. The number of carbonyl (C=O) groups excluding carboxylic acids is 1. The van der Waals surface area contributed by atoms with Crippen LogP contribution in [0.15, 0.2) is 35.5 Å². The molecule has 1 saturated carbocycles. The number of carbonyl (C=O) groups is 1. The number of sulfone groups is 1. The fourth-order valence-electron chi connectivity index (χ4n) is 4.31. The molecular weight excluding hydrogens is 414 g/mol. The van der Waals surface area contributed by atoms with Gasteiger partial charge in [0.25, 0.3) is 5.91 Å². The minimum atomic E-state index is -3.23. The van der Waals surface area contributed by atoms with E-state index in [4.69, 9.17) is 0 Å². The smallest absolute Gasteiger partial charge is 0.267 e. The molecule has 2 aromatic heterocycles. The topological polar surface area (TPSA) is 117 Å². The molecule has 8 nitrogen and oxygen atoms in total. The Bertz CT molecular complexity index is 1260. The van der Waals surface area contributed by atoms with E-state index in [1.54, 1.807) is 6.07 Å². The van der Waals surface area contributed by atoms with Crippen molar-refractivity contribution in [2.24, 2.45) is 5.92 Å². The van der Waals surface area contributed by atoms with Crippen molar-refractivity contribution >= 4 is 32.6 Å². The molecule has 0 bridgehead atoms. The van der Waals surface area contributed by atoms with Crippen LogP contribution in [0, 0.1) is 5.92 Å². The largest absolute Gasteiger partial charge is 0.362 e. The lowest BCUT2D eigenvalue weighted by atomic mass is 9.99. The van der Waals surface area contributed by atoms with Gasteiger partial charge in [-0.05, 0) is 61.8 Å². The minimum absolute atomic E-state index is 0.0525. The van der Waals surface area contributed by atoms with Gasteiger partial charge in [-0.3, -0.25) is 4.79 Å². The highest BCUT2D eigenvalue weighted by Crippen LogP contribution is 2.44. The second-order valence-electron chi connectivity index (χ2n) is 8.28. The fourth-order valence-corrected chi connectivity index (χ4v) is 5.94. The van der Waals surface area contributed by atoms with Gasteiger partial charge in [-0.2, -0.15) is 0 Å². The Balaban J connectivity index is 1.51. The molecule has 1 aromatic carbocycles. The Morgan fingerprint density at radius 1 is 1.26 bits per heavy atom. The van der Waals surface area contributed by atoms with Crippen molar-refractivity contribution in [2.75, 3.05) is 17.6 Å². The molecule has 1 fully saturated rings. The number of amides is 1. The maximum Gasteiger partial charge on any atom is 0.267 e. The number of nitrogens with zero attached hydrogens (tertiary/aromatic N) is 2. The van der Waals surface area contributed by atoms with E-state index in [0.717, 1.165) is 35.8 Å².